The molecule has 1 aliphatic heterocycles. The Labute approximate surface area is 104 Å². The van der Waals surface area contributed by atoms with Crippen LogP contribution in [-0.4, -0.2) is 29.2 Å². The number of alkyl halides is 3. The van der Waals surface area contributed by atoms with Gasteiger partial charge in [0.25, 0.3) is 0 Å². The number of nitrogens with zero attached hydrogens (tertiary/aromatic N) is 1. The quantitative estimate of drug-likeness (QED) is 0.848. The zero-order valence-corrected chi connectivity index (χ0v) is 11.2. The van der Waals surface area contributed by atoms with Crippen molar-refractivity contribution in [1.82, 2.24) is 5.32 Å². The summed E-state index contributed by atoms with van der Waals surface area (Å²) < 4.78 is 36.5. The fourth-order valence-electron chi connectivity index (χ4n) is 1.70. The molecule has 0 radical (unpaired) electrons. The Morgan fingerprint density at radius 1 is 1.41 bits per heavy atom. The predicted octanol–water partition coefficient (Wildman–Crippen LogP) is 3.43. The van der Waals surface area contributed by atoms with E-state index in [4.69, 9.17) is 0 Å². The van der Waals surface area contributed by atoms with Gasteiger partial charge in [0.1, 0.15) is 0 Å². The molecule has 17 heavy (non-hydrogen) atoms. The Morgan fingerprint density at radius 3 is 2.59 bits per heavy atom. The maximum absolute atomic E-state index is 12.2. The van der Waals surface area contributed by atoms with Crippen LogP contribution in [0.25, 0.3) is 0 Å². The van der Waals surface area contributed by atoms with Crippen molar-refractivity contribution in [2.75, 3.05) is 5.75 Å². The monoisotopic (exact) mass is 268 g/mol. The number of hydrogen-bond donors (Lipinski definition) is 1. The van der Waals surface area contributed by atoms with Gasteiger partial charge in [-0.05, 0) is 19.3 Å². The normalized spacial score (nSPS) is 23.5. The van der Waals surface area contributed by atoms with Gasteiger partial charge in [-0.1, -0.05) is 25.6 Å². The smallest absolute Gasteiger partial charge is 0.362 e. The molecule has 0 amide bonds. The third-order valence-corrected chi connectivity index (χ3v) is 3.55. The largest absolute Gasteiger partial charge is 0.391 e. The van der Waals surface area contributed by atoms with Gasteiger partial charge in [0.2, 0.25) is 0 Å². The molecular formula is C11H19F3N2S. The van der Waals surface area contributed by atoms with Crippen LogP contribution in [0.3, 0.4) is 0 Å². The average molecular weight is 268 g/mol. The lowest BCUT2D eigenvalue weighted by Gasteiger charge is -2.25. The molecule has 0 spiro atoms. The highest BCUT2D eigenvalue weighted by atomic mass is 32.2. The van der Waals surface area contributed by atoms with Crippen LogP contribution < -0.4 is 5.32 Å². The summed E-state index contributed by atoms with van der Waals surface area (Å²) in [5.41, 5.74) is 0. The Hall–Kier alpha value is -0.390. The lowest BCUT2D eigenvalue weighted by Crippen LogP contribution is -2.37. The Morgan fingerprint density at radius 2 is 2.06 bits per heavy atom. The van der Waals surface area contributed by atoms with E-state index in [0.29, 0.717) is 11.1 Å². The number of rotatable bonds is 3. The van der Waals surface area contributed by atoms with E-state index in [2.05, 4.69) is 24.2 Å². The van der Waals surface area contributed by atoms with Crippen LogP contribution in [0.1, 0.15) is 33.6 Å². The predicted molar refractivity (Wildman–Crippen MR) is 66.4 cm³/mol. The van der Waals surface area contributed by atoms with E-state index in [1.54, 1.807) is 0 Å². The van der Waals surface area contributed by atoms with Crippen molar-refractivity contribution in [3.05, 3.63) is 0 Å². The van der Waals surface area contributed by atoms with Gasteiger partial charge in [-0.25, -0.2) is 0 Å². The summed E-state index contributed by atoms with van der Waals surface area (Å²) in [7, 11) is 0. The van der Waals surface area contributed by atoms with E-state index in [1.807, 2.05) is 0 Å². The van der Waals surface area contributed by atoms with E-state index in [9.17, 15) is 13.2 Å². The molecule has 0 aromatic heterocycles. The molecule has 0 saturated carbocycles. The van der Waals surface area contributed by atoms with Crippen LogP contribution in [0.15, 0.2) is 4.99 Å². The first-order chi connectivity index (χ1) is 7.78. The van der Waals surface area contributed by atoms with Crippen LogP contribution >= 0.6 is 11.8 Å². The van der Waals surface area contributed by atoms with Crippen LogP contribution in [0.4, 0.5) is 13.2 Å². The molecule has 0 fully saturated rings. The molecule has 0 bridgehead atoms. The number of halogens is 3. The van der Waals surface area contributed by atoms with E-state index in [-0.39, 0.29) is 6.04 Å². The van der Waals surface area contributed by atoms with Crippen molar-refractivity contribution >= 4 is 16.9 Å². The van der Waals surface area contributed by atoms with Crippen molar-refractivity contribution in [3.8, 4) is 0 Å². The van der Waals surface area contributed by atoms with Crippen LogP contribution in [0.2, 0.25) is 0 Å². The molecule has 0 saturated heterocycles. The minimum absolute atomic E-state index is 0.233. The average Bonchev–Trinajstić information content (AvgIpc) is 2.14. The molecular weight excluding hydrogens is 249 g/mol. The van der Waals surface area contributed by atoms with Gasteiger partial charge in [0.05, 0.1) is 12.5 Å². The summed E-state index contributed by atoms with van der Waals surface area (Å²) in [6.45, 7) is 5.71. The molecule has 2 unspecified atom stereocenters. The highest BCUT2D eigenvalue weighted by Crippen LogP contribution is 2.24. The third-order valence-electron chi connectivity index (χ3n) is 2.61. The highest BCUT2D eigenvalue weighted by molar-refractivity contribution is 8.13. The Balaban J connectivity index is 2.50. The number of aliphatic imine (C=N–C) groups is 1. The molecule has 1 aliphatic rings. The van der Waals surface area contributed by atoms with E-state index >= 15 is 0 Å². The van der Waals surface area contributed by atoms with Crippen molar-refractivity contribution in [3.63, 3.8) is 0 Å². The second-order valence-corrected chi connectivity index (χ2v) is 5.83. The first kappa shape index (κ1) is 14.7. The minimum atomic E-state index is -4.12. The molecule has 2 atom stereocenters. The van der Waals surface area contributed by atoms with Gasteiger partial charge in [-0.2, -0.15) is 13.2 Å². The van der Waals surface area contributed by atoms with Crippen LogP contribution in [0.5, 0.6) is 0 Å². The molecule has 6 heteroatoms. The lowest BCUT2D eigenvalue weighted by atomic mass is 10.0. The standard InChI is InChI=1S/C11H19F3N2S/c1-7(2)9-4-5-17-10(16-9)15-8(3)6-11(12,13)14/h7-9H,4-6H2,1-3H3,(H,15,16). The lowest BCUT2D eigenvalue weighted by molar-refractivity contribution is -0.138. The Kier molecular flexibility index (Phi) is 5.16. The summed E-state index contributed by atoms with van der Waals surface area (Å²) >= 11 is 1.51. The summed E-state index contributed by atoms with van der Waals surface area (Å²) in [4.78, 5) is 4.45. The number of thioether (sulfide) groups is 1. The second kappa shape index (κ2) is 5.98. The van der Waals surface area contributed by atoms with Gasteiger partial charge in [0, 0.05) is 11.8 Å². The minimum Gasteiger partial charge on any atom is -0.362 e. The van der Waals surface area contributed by atoms with E-state index < -0.39 is 18.6 Å². The van der Waals surface area contributed by atoms with E-state index in [0.717, 1.165) is 12.2 Å². The van der Waals surface area contributed by atoms with Gasteiger partial charge in [-0.15, -0.1) is 0 Å². The summed E-state index contributed by atoms with van der Waals surface area (Å²) in [6, 6.07) is -0.385. The molecule has 0 aromatic carbocycles. The number of amidine groups is 1. The fourth-order valence-corrected chi connectivity index (χ4v) is 2.75. The third kappa shape index (κ3) is 5.66. The van der Waals surface area contributed by atoms with Crippen molar-refractivity contribution in [1.29, 1.82) is 0 Å². The maximum Gasteiger partial charge on any atom is 0.391 e. The zero-order chi connectivity index (χ0) is 13.1. The first-order valence-electron chi connectivity index (χ1n) is 5.82. The highest BCUT2D eigenvalue weighted by Gasteiger charge is 2.30. The molecule has 1 rings (SSSR count). The number of hydrogen-bond acceptors (Lipinski definition) is 3. The van der Waals surface area contributed by atoms with Crippen LogP contribution in [0, 0.1) is 5.92 Å². The number of nitrogens with one attached hydrogen (secondary N) is 1. The Bertz CT molecular complexity index is 276. The van der Waals surface area contributed by atoms with Crippen molar-refractivity contribution in [2.24, 2.45) is 10.9 Å². The summed E-state index contributed by atoms with van der Waals surface area (Å²) in [6.07, 6.45) is -3.94. The van der Waals surface area contributed by atoms with Crippen molar-refractivity contribution in [2.45, 2.75) is 51.9 Å². The van der Waals surface area contributed by atoms with Gasteiger partial charge < -0.3 is 5.32 Å². The SMILES string of the molecule is CC(CC(F)(F)F)NC1=NC(C(C)C)CCS1. The van der Waals surface area contributed by atoms with Crippen LogP contribution in [-0.2, 0) is 0 Å². The first-order valence-corrected chi connectivity index (χ1v) is 6.80. The topological polar surface area (TPSA) is 24.4 Å². The van der Waals surface area contributed by atoms with E-state index in [1.165, 1.54) is 18.7 Å². The van der Waals surface area contributed by atoms with Gasteiger partial charge >= 0.3 is 6.18 Å². The zero-order valence-electron chi connectivity index (χ0n) is 10.3. The second-order valence-electron chi connectivity index (χ2n) is 4.75. The summed E-state index contributed by atoms with van der Waals surface area (Å²) in [5.74, 6) is 1.36. The van der Waals surface area contributed by atoms with Gasteiger partial charge in [-0.3, -0.25) is 4.99 Å². The van der Waals surface area contributed by atoms with Crippen molar-refractivity contribution < 1.29 is 13.2 Å². The molecule has 0 aliphatic carbocycles. The molecule has 2 nitrogen and oxygen atoms in total. The fraction of sp³-hybridized carbons (Fsp3) is 0.909. The van der Waals surface area contributed by atoms with Gasteiger partial charge in [0.15, 0.2) is 5.17 Å². The molecule has 1 N–H and O–H groups in total. The molecule has 100 valence electrons. The maximum atomic E-state index is 12.2. The summed E-state index contributed by atoms with van der Waals surface area (Å²) in [5, 5.41) is 3.51. The molecule has 1 heterocycles. The molecule has 0 aromatic rings.